The van der Waals surface area contributed by atoms with E-state index in [0.29, 0.717) is 24.6 Å². The summed E-state index contributed by atoms with van der Waals surface area (Å²) in [6, 6.07) is 11.4. The molecular weight excluding hydrogens is 380 g/mol. The zero-order chi connectivity index (χ0) is 20.9. The van der Waals surface area contributed by atoms with E-state index >= 15 is 0 Å². The standard InChI is InChI=1S/C22H26N6O2/c1-3-30-19-9-5-4-8-18(19)24-22(29)17-7-6-13-27(15-17)20-10-11-21(26-25-20)28-14-12-23-16(28)2/h4-5,8-12,14,17H,3,6-7,13,15H2,1-2H3,(H,24,29). The molecule has 1 atom stereocenters. The number of hydrogen-bond acceptors (Lipinski definition) is 6. The van der Waals surface area contributed by atoms with Gasteiger partial charge in [-0.25, -0.2) is 4.98 Å². The molecule has 4 rings (SSSR count). The van der Waals surface area contributed by atoms with Gasteiger partial charge in [-0.3, -0.25) is 9.36 Å². The van der Waals surface area contributed by atoms with Crippen LogP contribution in [0.2, 0.25) is 0 Å². The Morgan fingerprint density at radius 1 is 1.20 bits per heavy atom. The van der Waals surface area contributed by atoms with E-state index in [1.807, 2.05) is 61.0 Å². The molecule has 1 fully saturated rings. The number of aromatic nitrogens is 4. The van der Waals surface area contributed by atoms with Gasteiger partial charge >= 0.3 is 0 Å². The second-order valence-electron chi connectivity index (χ2n) is 7.30. The molecule has 1 aliphatic heterocycles. The Hall–Kier alpha value is -3.42. The van der Waals surface area contributed by atoms with E-state index in [1.165, 1.54) is 0 Å². The first kappa shape index (κ1) is 19.9. The zero-order valence-electron chi connectivity index (χ0n) is 17.3. The summed E-state index contributed by atoms with van der Waals surface area (Å²) in [6.45, 7) is 5.88. The van der Waals surface area contributed by atoms with Crippen LogP contribution in [0.1, 0.15) is 25.6 Å². The van der Waals surface area contributed by atoms with Crippen LogP contribution in [0.4, 0.5) is 11.5 Å². The van der Waals surface area contributed by atoms with E-state index in [9.17, 15) is 4.79 Å². The van der Waals surface area contributed by atoms with Gasteiger partial charge in [0.2, 0.25) is 5.91 Å². The van der Waals surface area contributed by atoms with Crippen molar-refractivity contribution in [2.45, 2.75) is 26.7 Å². The number of carbonyl (C=O) groups excluding carboxylic acids is 1. The summed E-state index contributed by atoms with van der Waals surface area (Å²) < 4.78 is 7.50. The van der Waals surface area contributed by atoms with Crippen LogP contribution in [-0.2, 0) is 4.79 Å². The van der Waals surface area contributed by atoms with Crippen molar-refractivity contribution in [1.29, 1.82) is 0 Å². The lowest BCUT2D eigenvalue weighted by atomic mass is 9.97. The number of imidazole rings is 1. The van der Waals surface area contributed by atoms with Crippen molar-refractivity contribution in [3.63, 3.8) is 0 Å². The number of aryl methyl sites for hydroxylation is 1. The fraction of sp³-hybridized carbons (Fsp3) is 0.364. The summed E-state index contributed by atoms with van der Waals surface area (Å²) in [4.78, 5) is 19.3. The normalized spacial score (nSPS) is 16.3. The minimum absolute atomic E-state index is 0.00507. The number of ether oxygens (including phenoxy) is 1. The van der Waals surface area contributed by atoms with Crippen LogP contribution in [0.15, 0.2) is 48.8 Å². The first-order valence-electron chi connectivity index (χ1n) is 10.3. The molecule has 0 saturated carbocycles. The molecule has 1 aromatic carbocycles. The second kappa shape index (κ2) is 8.94. The number of anilines is 2. The molecule has 1 saturated heterocycles. The molecule has 8 nitrogen and oxygen atoms in total. The SMILES string of the molecule is CCOc1ccccc1NC(=O)C1CCCN(c2ccc(-n3ccnc3C)nn2)C1. The Kier molecular flexibility index (Phi) is 5.92. The van der Waals surface area contributed by atoms with Crippen molar-refractivity contribution >= 4 is 17.4 Å². The van der Waals surface area contributed by atoms with Crippen LogP contribution >= 0.6 is 0 Å². The van der Waals surface area contributed by atoms with Gasteiger partial charge in [0, 0.05) is 25.5 Å². The summed E-state index contributed by atoms with van der Waals surface area (Å²) in [7, 11) is 0. The van der Waals surface area contributed by atoms with Gasteiger partial charge in [0.15, 0.2) is 11.6 Å². The molecule has 1 amide bonds. The van der Waals surface area contributed by atoms with Gasteiger partial charge in [0.05, 0.1) is 18.2 Å². The average molecular weight is 406 g/mol. The Bertz CT molecular complexity index is 1000. The molecule has 0 spiro atoms. The number of para-hydroxylation sites is 2. The van der Waals surface area contributed by atoms with Gasteiger partial charge in [0.1, 0.15) is 11.6 Å². The third-order valence-corrected chi connectivity index (χ3v) is 5.27. The first-order valence-corrected chi connectivity index (χ1v) is 10.3. The number of rotatable bonds is 6. The highest BCUT2D eigenvalue weighted by Gasteiger charge is 2.27. The van der Waals surface area contributed by atoms with Gasteiger partial charge in [-0.05, 0) is 51.0 Å². The molecule has 0 aliphatic carbocycles. The van der Waals surface area contributed by atoms with E-state index in [1.54, 1.807) is 6.20 Å². The minimum Gasteiger partial charge on any atom is -0.492 e. The Morgan fingerprint density at radius 2 is 2.00 bits per heavy atom. The van der Waals surface area contributed by atoms with Crippen LogP contribution in [-0.4, -0.2) is 45.4 Å². The maximum atomic E-state index is 12.9. The molecule has 3 heterocycles. The quantitative estimate of drug-likeness (QED) is 0.677. The molecule has 1 N–H and O–H groups in total. The first-order chi connectivity index (χ1) is 14.7. The number of carbonyl (C=O) groups is 1. The zero-order valence-corrected chi connectivity index (χ0v) is 17.3. The van der Waals surface area contributed by atoms with E-state index in [2.05, 4.69) is 25.4 Å². The number of hydrogen-bond donors (Lipinski definition) is 1. The Labute approximate surface area is 175 Å². The third kappa shape index (κ3) is 4.27. The smallest absolute Gasteiger partial charge is 0.229 e. The molecule has 30 heavy (non-hydrogen) atoms. The molecule has 2 aromatic heterocycles. The topological polar surface area (TPSA) is 85.2 Å². The largest absolute Gasteiger partial charge is 0.492 e. The van der Waals surface area contributed by atoms with Crippen molar-refractivity contribution < 1.29 is 9.53 Å². The molecular formula is C22H26N6O2. The van der Waals surface area contributed by atoms with Crippen molar-refractivity contribution in [3.8, 4) is 11.6 Å². The van der Waals surface area contributed by atoms with E-state index < -0.39 is 0 Å². The average Bonchev–Trinajstić information content (AvgIpc) is 3.21. The van der Waals surface area contributed by atoms with Crippen LogP contribution in [0, 0.1) is 12.8 Å². The number of piperidine rings is 1. The maximum Gasteiger partial charge on any atom is 0.229 e. The lowest BCUT2D eigenvalue weighted by Crippen LogP contribution is -2.41. The van der Waals surface area contributed by atoms with Gasteiger partial charge in [-0.15, -0.1) is 10.2 Å². The van der Waals surface area contributed by atoms with Crippen LogP contribution < -0.4 is 15.0 Å². The monoisotopic (exact) mass is 406 g/mol. The molecule has 1 aliphatic rings. The van der Waals surface area contributed by atoms with Crippen LogP contribution in [0.25, 0.3) is 5.82 Å². The summed E-state index contributed by atoms with van der Waals surface area (Å²) in [6.07, 6.45) is 5.37. The van der Waals surface area contributed by atoms with E-state index in [0.717, 1.165) is 36.8 Å². The molecule has 3 aromatic rings. The van der Waals surface area contributed by atoms with E-state index in [4.69, 9.17) is 4.74 Å². The Morgan fingerprint density at radius 3 is 2.73 bits per heavy atom. The summed E-state index contributed by atoms with van der Waals surface area (Å²) in [5.41, 5.74) is 0.710. The highest BCUT2D eigenvalue weighted by Crippen LogP contribution is 2.27. The van der Waals surface area contributed by atoms with Gasteiger partial charge in [-0.2, -0.15) is 0 Å². The molecule has 0 radical (unpaired) electrons. The van der Waals surface area contributed by atoms with Crippen LogP contribution in [0.3, 0.4) is 0 Å². The molecule has 0 bridgehead atoms. The van der Waals surface area contributed by atoms with Gasteiger partial charge < -0.3 is 15.0 Å². The molecule has 156 valence electrons. The lowest BCUT2D eigenvalue weighted by molar-refractivity contribution is -0.120. The predicted octanol–water partition coefficient (Wildman–Crippen LogP) is 3.22. The van der Waals surface area contributed by atoms with Crippen LogP contribution in [0.5, 0.6) is 5.75 Å². The van der Waals surface area contributed by atoms with Crippen molar-refractivity contribution in [2.24, 2.45) is 5.92 Å². The summed E-state index contributed by atoms with van der Waals surface area (Å²) >= 11 is 0. The van der Waals surface area contributed by atoms with Crippen molar-refractivity contribution in [2.75, 3.05) is 29.9 Å². The lowest BCUT2D eigenvalue weighted by Gasteiger charge is -2.32. The third-order valence-electron chi connectivity index (χ3n) is 5.27. The van der Waals surface area contributed by atoms with Crippen molar-refractivity contribution in [3.05, 3.63) is 54.6 Å². The number of amides is 1. The summed E-state index contributed by atoms with van der Waals surface area (Å²) in [5, 5.41) is 11.8. The minimum atomic E-state index is -0.120. The van der Waals surface area contributed by atoms with E-state index in [-0.39, 0.29) is 11.8 Å². The highest BCUT2D eigenvalue weighted by atomic mass is 16.5. The Balaban J connectivity index is 1.43. The summed E-state index contributed by atoms with van der Waals surface area (Å²) in [5.74, 6) is 2.95. The molecule has 1 unspecified atom stereocenters. The van der Waals surface area contributed by atoms with Gasteiger partial charge in [0.25, 0.3) is 0 Å². The number of benzene rings is 1. The highest BCUT2D eigenvalue weighted by molar-refractivity contribution is 5.94. The molecule has 8 heteroatoms. The second-order valence-corrected chi connectivity index (χ2v) is 7.30. The number of nitrogens with zero attached hydrogens (tertiary/aromatic N) is 5. The fourth-order valence-corrected chi connectivity index (χ4v) is 3.72. The fourth-order valence-electron chi connectivity index (χ4n) is 3.72. The number of nitrogens with one attached hydrogen (secondary N) is 1. The maximum absolute atomic E-state index is 12.9. The predicted molar refractivity (Wildman–Crippen MR) is 115 cm³/mol. The van der Waals surface area contributed by atoms with Gasteiger partial charge in [-0.1, -0.05) is 12.1 Å². The van der Waals surface area contributed by atoms with Crippen molar-refractivity contribution in [1.82, 2.24) is 19.7 Å².